The van der Waals surface area contributed by atoms with Crippen LogP contribution in [0.3, 0.4) is 0 Å². The SMILES string of the molecule is COc1c(Cl)ccc(-c2nc(N)c(Cl)c(C(=O)OCc3cccc(Cl)c3)n2)c1F. The Labute approximate surface area is 180 Å². The van der Waals surface area contributed by atoms with E-state index in [1.54, 1.807) is 24.3 Å². The molecule has 29 heavy (non-hydrogen) atoms. The number of nitrogen functional groups attached to an aromatic ring is 1. The van der Waals surface area contributed by atoms with E-state index in [4.69, 9.17) is 50.0 Å². The molecule has 1 aromatic heterocycles. The summed E-state index contributed by atoms with van der Waals surface area (Å²) in [5.74, 6) is -2.23. The number of carbonyl (C=O) groups excluding carboxylic acids is 1. The second-order valence-corrected chi connectivity index (χ2v) is 6.96. The minimum atomic E-state index is -0.855. The monoisotopic (exact) mass is 455 g/mol. The molecule has 0 unspecified atom stereocenters. The molecule has 0 amide bonds. The molecular formula is C19H13Cl3FN3O3. The molecule has 0 saturated heterocycles. The molecule has 0 radical (unpaired) electrons. The van der Waals surface area contributed by atoms with Gasteiger partial charge < -0.3 is 15.2 Å². The zero-order valence-electron chi connectivity index (χ0n) is 14.9. The van der Waals surface area contributed by atoms with Gasteiger partial charge in [-0.3, -0.25) is 0 Å². The van der Waals surface area contributed by atoms with Crippen LogP contribution in [0.1, 0.15) is 16.1 Å². The average Bonchev–Trinajstić information content (AvgIpc) is 2.69. The normalized spacial score (nSPS) is 10.7. The second kappa shape index (κ2) is 8.82. The molecule has 1 heterocycles. The summed E-state index contributed by atoms with van der Waals surface area (Å²) in [6, 6.07) is 9.53. The fourth-order valence-corrected chi connectivity index (χ4v) is 3.05. The highest BCUT2D eigenvalue weighted by atomic mass is 35.5. The molecule has 3 rings (SSSR count). The van der Waals surface area contributed by atoms with Gasteiger partial charge in [0.25, 0.3) is 0 Å². The maximum absolute atomic E-state index is 14.7. The third-order valence-electron chi connectivity index (χ3n) is 3.82. The summed E-state index contributed by atoms with van der Waals surface area (Å²) >= 11 is 17.9. The fraction of sp³-hybridized carbons (Fsp3) is 0.105. The lowest BCUT2D eigenvalue weighted by atomic mass is 10.1. The predicted octanol–water partition coefficient (Wildman–Crippen LogP) is 5.19. The number of halogens is 4. The Morgan fingerprint density at radius 1 is 1.17 bits per heavy atom. The van der Waals surface area contributed by atoms with Crippen LogP contribution in [-0.4, -0.2) is 23.0 Å². The van der Waals surface area contributed by atoms with Crippen molar-refractivity contribution in [1.82, 2.24) is 9.97 Å². The van der Waals surface area contributed by atoms with E-state index in [1.165, 1.54) is 19.2 Å². The highest BCUT2D eigenvalue weighted by Gasteiger charge is 2.23. The van der Waals surface area contributed by atoms with Crippen LogP contribution < -0.4 is 10.5 Å². The van der Waals surface area contributed by atoms with Crippen LogP contribution in [0.25, 0.3) is 11.4 Å². The number of benzene rings is 2. The van der Waals surface area contributed by atoms with E-state index < -0.39 is 11.8 Å². The molecule has 10 heteroatoms. The number of ether oxygens (including phenoxy) is 2. The molecule has 0 bridgehead atoms. The average molecular weight is 457 g/mol. The van der Waals surface area contributed by atoms with Gasteiger partial charge in [-0.1, -0.05) is 46.9 Å². The van der Waals surface area contributed by atoms with Crippen LogP contribution in [0, 0.1) is 5.82 Å². The first kappa shape index (κ1) is 21.1. The molecule has 0 spiro atoms. The number of nitrogens with two attached hydrogens (primary N) is 1. The Hall–Kier alpha value is -2.61. The third kappa shape index (κ3) is 4.53. The maximum atomic E-state index is 14.7. The smallest absolute Gasteiger partial charge is 0.359 e. The van der Waals surface area contributed by atoms with Gasteiger partial charge in [-0.2, -0.15) is 0 Å². The summed E-state index contributed by atoms with van der Waals surface area (Å²) in [6.45, 7) is -0.0713. The van der Waals surface area contributed by atoms with E-state index >= 15 is 0 Å². The summed E-state index contributed by atoms with van der Waals surface area (Å²) in [5.41, 5.74) is 6.08. The quantitative estimate of drug-likeness (QED) is 0.532. The minimum Gasteiger partial charge on any atom is -0.492 e. The Morgan fingerprint density at radius 2 is 1.93 bits per heavy atom. The summed E-state index contributed by atoms with van der Waals surface area (Å²) in [4.78, 5) is 20.5. The molecule has 2 N–H and O–H groups in total. The van der Waals surface area contributed by atoms with E-state index in [2.05, 4.69) is 9.97 Å². The number of esters is 1. The lowest BCUT2D eigenvalue weighted by Gasteiger charge is -2.11. The van der Waals surface area contributed by atoms with Gasteiger partial charge in [0.1, 0.15) is 17.4 Å². The summed E-state index contributed by atoms with van der Waals surface area (Å²) in [7, 11) is 1.27. The van der Waals surface area contributed by atoms with Crippen LogP contribution >= 0.6 is 34.8 Å². The number of nitrogens with zero attached hydrogens (tertiary/aromatic N) is 2. The molecule has 150 valence electrons. The van der Waals surface area contributed by atoms with Crippen LogP contribution in [0.15, 0.2) is 36.4 Å². The minimum absolute atomic E-state index is 0.0665. The van der Waals surface area contributed by atoms with Gasteiger partial charge in [-0.25, -0.2) is 19.2 Å². The van der Waals surface area contributed by atoms with Gasteiger partial charge in [-0.15, -0.1) is 0 Å². The molecule has 6 nitrogen and oxygen atoms in total. The van der Waals surface area contributed by atoms with Gasteiger partial charge in [0.2, 0.25) is 0 Å². The predicted molar refractivity (Wildman–Crippen MR) is 109 cm³/mol. The Balaban J connectivity index is 1.95. The van der Waals surface area contributed by atoms with E-state index in [1.807, 2.05) is 0 Å². The van der Waals surface area contributed by atoms with E-state index in [0.717, 1.165) is 0 Å². The third-order valence-corrected chi connectivity index (χ3v) is 4.73. The highest BCUT2D eigenvalue weighted by Crippen LogP contribution is 2.35. The molecule has 0 aliphatic heterocycles. The van der Waals surface area contributed by atoms with Gasteiger partial charge >= 0.3 is 5.97 Å². The summed E-state index contributed by atoms with van der Waals surface area (Å²) < 4.78 is 24.9. The van der Waals surface area contributed by atoms with Crippen molar-refractivity contribution in [2.75, 3.05) is 12.8 Å². The summed E-state index contributed by atoms with van der Waals surface area (Å²) in [5, 5.41) is 0.361. The molecule has 3 aromatic rings. The number of carbonyl (C=O) groups is 1. The lowest BCUT2D eigenvalue weighted by molar-refractivity contribution is 0.0466. The summed E-state index contributed by atoms with van der Waals surface area (Å²) in [6.07, 6.45) is 0. The van der Waals surface area contributed by atoms with Crippen molar-refractivity contribution in [2.24, 2.45) is 0 Å². The van der Waals surface area contributed by atoms with Crippen molar-refractivity contribution >= 4 is 46.6 Å². The first-order valence-corrected chi connectivity index (χ1v) is 9.22. The number of hydrogen-bond donors (Lipinski definition) is 1. The van der Waals surface area contributed by atoms with Gasteiger partial charge in [-0.05, 0) is 29.8 Å². The van der Waals surface area contributed by atoms with Crippen molar-refractivity contribution in [2.45, 2.75) is 6.61 Å². The van der Waals surface area contributed by atoms with Crippen molar-refractivity contribution in [3.8, 4) is 17.1 Å². The zero-order chi connectivity index (χ0) is 21.1. The number of anilines is 1. The Morgan fingerprint density at radius 3 is 2.62 bits per heavy atom. The number of methoxy groups -OCH3 is 1. The van der Waals surface area contributed by atoms with Crippen molar-refractivity contribution in [3.05, 3.63) is 68.5 Å². The highest BCUT2D eigenvalue weighted by molar-refractivity contribution is 6.35. The van der Waals surface area contributed by atoms with Gasteiger partial charge in [0, 0.05) is 5.02 Å². The molecule has 0 atom stereocenters. The molecule has 0 aliphatic rings. The van der Waals surface area contributed by atoms with Crippen molar-refractivity contribution < 1.29 is 18.7 Å². The standard InChI is InChI=1S/C19H13Cl3FN3O3/c1-28-16-12(21)6-5-11(14(16)23)18-25-15(13(22)17(24)26-18)19(27)29-8-9-3-2-4-10(20)7-9/h2-7H,8H2,1H3,(H2,24,25,26). The fourth-order valence-electron chi connectivity index (χ4n) is 2.46. The second-order valence-electron chi connectivity index (χ2n) is 5.74. The zero-order valence-corrected chi connectivity index (χ0v) is 17.1. The van der Waals surface area contributed by atoms with Crippen LogP contribution in [0.4, 0.5) is 10.2 Å². The lowest BCUT2D eigenvalue weighted by Crippen LogP contribution is -2.12. The molecule has 0 saturated carbocycles. The van der Waals surface area contributed by atoms with Crippen molar-refractivity contribution in [3.63, 3.8) is 0 Å². The number of aromatic nitrogens is 2. The molecule has 0 fully saturated rings. The number of hydrogen-bond acceptors (Lipinski definition) is 6. The molecular weight excluding hydrogens is 444 g/mol. The Kier molecular flexibility index (Phi) is 6.42. The van der Waals surface area contributed by atoms with E-state index in [0.29, 0.717) is 10.6 Å². The van der Waals surface area contributed by atoms with E-state index in [9.17, 15) is 9.18 Å². The first-order chi connectivity index (χ1) is 13.8. The molecule has 2 aromatic carbocycles. The van der Waals surface area contributed by atoms with Crippen molar-refractivity contribution in [1.29, 1.82) is 0 Å². The number of rotatable bonds is 5. The largest absolute Gasteiger partial charge is 0.492 e. The molecule has 0 aliphatic carbocycles. The topological polar surface area (TPSA) is 87.3 Å². The van der Waals surface area contributed by atoms with Crippen LogP contribution in [-0.2, 0) is 11.3 Å². The first-order valence-electron chi connectivity index (χ1n) is 8.08. The van der Waals surface area contributed by atoms with Crippen LogP contribution in [0.5, 0.6) is 5.75 Å². The van der Waals surface area contributed by atoms with E-state index in [-0.39, 0.29) is 45.3 Å². The Bertz CT molecular complexity index is 1100. The van der Waals surface area contributed by atoms with Gasteiger partial charge in [0.05, 0.1) is 17.7 Å². The van der Waals surface area contributed by atoms with Crippen LogP contribution in [0.2, 0.25) is 15.1 Å². The maximum Gasteiger partial charge on any atom is 0.359 e. The van der Waals surface area contributed by atoms with Gasteiger partial charge in [0.15, 0.2) is 23.1 Å².